The summed E-state index contributed by atoms with van der Waals surface area (Å²) in [5.41, 5.74) is 2.55. The highest BCUT2D eigenvalue weighted by atomic mass is 79.9. The molecule has 1 heteroatoms. The van der Waals surface area contributed by atoms with E-state index in [0.717, 1.165) is 0 Å². The minimum atomic E-state index is 0. The largest absolute Gasteiger partial charge is 1.00 e. The lowest BCUT2D eigenvalue weighted by Crippen LogP contribution is -3.00. The highest BCUT2D eigenvalue weighted by Crippen LogP contribution is 2.17. The monoisotopic (exact) mass is 233 g/mol. The number of hydrogen-bond acceptors (Lipinski definition) is 0. The Kier molecular flexibility index (Phi) is 3.71. The Bertz CT molecular complexity index is 303. The molecule has 0 aromatic heterocycles. The molecule has 0 N–H and O–H groups in total. The molecule has 2 aromatic rings. The third kappa shape index (κ3) is 2.43. The van der Waals surface area contributed by atoms with Crippen molar-refractivity contribution < 1.29 is 17.0 Å². The van der Waals surface area contributed by atoms with Crippen LogP contribution in [0.3, 0.4) is 0 Å². The van der Waals surface area contributed by atoms with Crippen molar-refractivity contribution in [2.24, 2.45) is 0 Å². The number of benzene rings is 2. The minimum Gasteiger partial charge on any atom is -1.00 e. The van der Waals surface area contributed by atoms with Gasteiger partial charge in [-0.1, -0.05) is 60.7 Å². The number of rotatable bonds is 1. The summed E-state index contributed by atoms with van der Waals surface area (Å²) in [7, 11) is 0. The van der Waals surface area contributed by atoms with Gasteiger partial charge in [0.2, 0.25) is 0 Å². The van der Waals surface area contributed by atoms with Gasteiger partial charge in [-0.15, -0.1) is 0 Å². The van der Waals surface area contributed by atoms with Crippen LogP contribution in [0.5, 0.6) is 0 Å². The van der Waals surface area contributed by atoms with Crippen molar-refractivity contribution in [1.29, 1.82) is 0 Å². The van der Waals surface area contributed by atoms with Crippen LogP contribution in [0.2, 0.25) is 0 Å². The predicted octanol–water partition coefficient (Wildman–Crippen LogP) is 0.358. The lowest BCUT2D eigenvalue weighted by Gasteiger charge is -1.98. The van der Waals surface area contributed by atoms with Crippen molar-refractivity contribution in [3.63, 3.8) is 0 Å². The molecular formula is C12H10Br-. The molecular weight excluding hydrogens is 224 g/mol. The molecule has 0 unspecified atom stereocenters. The lowest BCUT2D eigenvalue weighted by molar-refractivity contribution is -0.00000232. The van der Waals surface area contributed by atoms with E-state index in [0.29, 0.717) is 0 Å². The zero-order valence-electron chi connectivity index (χ0n) is 7.15. The number of hydrogen-bond donors (Lipinski definition) is 0. The lowest BCUT2D eigenvalue weighted by atomic mass is 10.1. The van der Waals surface area contributed by atoms with Gasteiger partial charge < -0.3 is 17.0 Å². The molecule has 0 spiro atoms. The van der Waals surface area contributed by atoms with Gasteiger partial charge >= 0.3 is 0 Å². The van der Waals surface area contributed by atoms with Crippen LogP contribution >= 0.6 is 0 Å². The zero-order chi connectivity index (χ0) is 8.23. The zero-order valence-corrected chi connectivity index (χ0v) is 8.74. The summed E-state index contributed by atoms with van der Waals surface area (Å²) in [5.74, 6) is 0. The van der Waals surface area contributed by atoms with Crippen LogP contribution in [0.15, 0.2) is 60.7 Å². The molecule has 2 rings (SSSR count). The van der Waals surface area contributed by atoms with Crippen molar-refractivity contribution in [2.45, 2.75) is 0 Å². The van der Waals surface area contributed by atoms with Gasteiger partial charge in [0.1, 0.15) is 0 Å². The van der Waals surface area contributed by atoms with Crippen molar-refractivity contribution in [3.05, 3.63) is 60.7 Å². The molecule has 13 heavy (non-hydrogen) atoms. The quantitative estimate of drug-likeness (QED) is 0.668. The summed E-state index contributed by atoms with van der Waals surface area (Å²) in [5, 5.41) is 0. The smallest absolute Gasteiger partial charge is 0.0184 e. The third-order valence-electron chi connectivity index (χ3n) is 1.88. The summed E-state index contributed by atoms with van der Waals surface area (Å²) >= 11 is 0. The maximum Gasteiger partial charge on any atom is -0.0184 e. The Morgan fingerprint density at radius 1 is 0.462 bits per heavy atom. The second-order valence-electron chi connectivity index (χ2n) is 2.73. The summed E-state index contributed by atoms with van der Waals surface area (Å²) in [6, 6.07) is 20.8. The van der Waals surface area contributed by atoms with Gasteiger partial charge in [0.25, 0.3) is 0 Å². The molecule has 2 aromatic carbocycles. The highest BCUT2D eigenvalue weighted by molar-refractivity contribution is 5.62. The van der Waals surface area contributed by atoms with Crippen LogP contribution in [0.4, 0.5) is 0 Å². The summed E-state index contributed by atoms with van der Waals surface area (Å²) in [4.78, 5) is 0. The molecule has 66 valence electrons. The molecule has 0 fully saturated rings. The Morgan fingerprint density at radius 2 is 0.769 bits per heavy atom. The summed E-state index contributed by atoms with van der Waals surface area (Å²) in [6.45, 7) is 0. The van der Waals surface area contributed by atoms with Gasteiger partial charge in [0.15, 0.2) is 0 Å². The average molecular weight is 234 g/mol. The average Bonchev–Trinajstić information content (AvgIpc) is 2.21. The van der Waals surface area contributed by atoms with Gasteiger partial charge in [-0.05, 0) is 11.1 Å². The van der Waals surface area contributed by atoms with E-state index in [1.807, 2.05) is 12.1 Å². The second-order valence-corrected chi connectivity index (χ2v) is 2.73. The maximum absolute atomic E-state index is 2.12. The van der Waals surface area contributed by atoms with Gasteiger partial charge in [0, 0.05) is 0 Å². The molecule has 0 aliphatic rings. The fourth-order valence-corrected chi connectivity index (χ4v) is 1.26. The molecule has 0 amide bonds. The van der Waals surface area contributed by atoms with E-state index in [-0.39, 0.29) is 17.0 Å². The Balaban J connectivity index is 0.000000845. The minimum absolute atomic E-state index is 0. The first-order valence-corrected chi connectivity index (χ1v) is 4.07. The Hall–Kier alpha value is -1.08. The molecule has 0 radical (unpaired) electrons. The summed E-state index contributed by atoms with van der Waals surface area (Å²) in [6.07, 6.45) is 0. The standard InChI is InChI=1S/C12H10.BrH/c1-3-7-11(8-4-1)12-9-5-2-6-10-12;/h1-10H;1H/p-1. The molecule has 0 nitrogen and oxygen atoms in total. The Morgan fingerprint density at radius 3 is 1.08 bits per heavy atom. The van der Waals surface area contributed by atoms with Crippen LogP contribution in [-0.2, 0) is 0 Å². The fourth-order valence-electron chi connectivity index (χ4n) is 1.26. The van der Waals surface area contributed by atoms with Crippen LogP contribution in [0, 0.1) is 0 Å². The van der Waals surface area contributed by atoms with E-state index >= 15 is 0 Å². The van der Waals surface area contributed by atoms with E-state index in [4.69, 9.17) is 0 Å². The first kappa shape index (κ1) is 10.0. The maximum atomic E-state index is 2.12. The Labute approximate surface area is 89.0 Å². The molecule has 0 saturated carbocycles. The molecule has 0 saturated heterocycles. The molecule has 0 aliphatic heterocycles. The van der Waals surface area contributed by atoms with Crippen LogP contribution in [0.25, 0.3) is 11.1 Å². The topological polar surface area (TPSA) is 0 Å². The third-order valence-corrected chi connectivity index (χ3v) is 1.88. The van der Waals surface area contributed by atoms with E-state index in [9.17, 15) is 0 Å². The fraction of sp³-hybridized carbons (Fsp3) is 0. The predicted molar refractivity (Wildman–Crippen MR) is 51.9 cm³/mol. The normalized spacial score (nSPS) is 8.92. The molecule has 0 atom stereocenters. The number of halogens is 1. The van der Waals surface area contributed by atoms with Gasteiger partial charge in [-0.25, -0.2) is 0 Å². The van der Waals surface area contributed by atoms with Gasteiger partial charge in [-0.3, -0.25) is 0 Å². The van der Waals surface area contributed by atoms with Crippen LogP contribution in [-0.4, -0.2) is 0 Å². The first-order valence-electron chi connectivity index (χ1n) is 4.07. The van der Waals surface area contributed by atoms with Crippen molar-refractivity contribution >= 4 is 0 Å². The van der Waals surface area contributed by atoms with Gasteiger partial charge in [-0.2, -0.15) is 0 Å². The van der Waals surface area contributed by atoms with Crippen molar-refractivity contribution in [1.82, 2.24) is 0 Å². The van der Waals surface area contributed by atoms with E-state index in [1.165, 1.54) is 11.1 Å². The van der Waals surface area contributed by atoms with Crippen molar-refractivity contribution in [3.8, 4) is 11.1 Å². The van der Waals surface area contributed by atoms with Crippen LogP contribution < -0.4 is 17.0 Å². The SMILES string of the molecule is [Br-].c1ccc(-c2ccccc2)cc1. The highest BCUT2D eigenvalue weighted by Gasteiger charge is 1.91. The molecule has 0 heterocycles. The van der Waals surface area contributed by atoms with E-state index in [2.05, 4.69) is 48.5 Å². The molecule has 0 bridgehead atoms. The molecule has 0 aliphatic carbocycles. The van der Waals surface area contributed by atoms with Crippen LogP contribution in [0.1, 0.15) is 0 Å². The first-order chi connectivity index (χ1) is 5.97. The summed E-state index contributed by atoms with van der Waals surface area (Å²) < 4.78 is 0. The van der Waals surface area contributed by atoms with E-state index in [1.54, 1.807) is 0 Å². The second kappa shape index (κ2) is 4.83. The van der Waals surface area contributed by atoms with Gasteiger partial charge in [0.05, 0.1) is 0 Å². The van der Waals surface area contributed by atoms with Crippen molar-refractivity contribution in [2.75, 3.05) is 0 Å². The van der Waals surface area contributed by atoms with E-state index < -0.39 is 0 Å².